The SMILES string of the molecule is Cc1cc(NS(=O)(=O)c2ccc(NCCBr)cc2)no1. The van der Waals surface area contributed by atoms with Gasteiger partial charge in [-0.15, -0.1) is 0 Å². The maximum Gasteiger partial charge on any atom is 0.263 e. The normalized spacial score (nSPS) is 11.3. The number of aromatic nitrogens is 1. The second-order valence-electron chi connectivity index (χ2n) is 4.07. The summed E-state index contributed by atoms with van der Waals surface area (Å²) in [6.07, 6.45) is 0. The van der Waals surface area contributed by atoms with Crippen LogP contribution in [0.25, 0.3) is 0 Å². The summed E-state index contributed by atoms with van der Waals surface area (Å²) in [5.41, 5.74) is 0.862. The minimum Gasteiger partial charge on any atom is -0.384 e. The molecular formula is C12H14BrN3O3S. The lowest BCUT2D eigenvalue weighted by Crippen LogP contribution is -2.13. The first-order valence-electron chi connectivity index (χ1n) is 5.87. The molecule has 0 aliphatic rings. The Kier molecular flexibility index (Phi) is 4.66. The quantitative estimate of drug-likeness (QED) is 0.774. The van der Waals surface area contributed by atoms with Crippen molar-refractivity contribution in [3.63, 3.8) is 0 Å². The number of nitrogens with one attached hydrogen (secondary N) is 2. The highest BCUT2D eigenvalue weighted by Gasteiger charge is 2.15. The average Bonchev–Trinajstić information content (AvgIpc) is 2.81. The monoisotopic (exact) mass is 359 g/mol. The first-order valence-corrected chi connectivity index (χ1v) is 8.48. The van der Waals surface area contributed by atoms with Gasteiger partial charge in [-0.2, -0.15) is 0 Å². The Bertz CT molecular complexity index is 668. The second kappa shape index (κ2) is 6.27. The highest BCUT2D eigenvalue weighted by Crippen LogP contribution is 2.18. The molecule has 0 saturated heterocycles. The minimum absolute atomic E-state index is 0.169. The van der Waals surface area contributed by atoms with Crippen molar-refractivity contribution in [2.45, 2.75) is 11.8 Å². The topological polar surface area (TPSA) is 84.2 Å². The Hall–Kier alpha value is -1.54. The van der Waals surface area contributed by atoms with Crippen LogP contribution in [0.4, 0.5) is 11.5 Å². The second-order valence-corrected chi connectivity index (χ2v) is 6.54. The molecule has 0 unspecified atom stereocenters. The van der Waals surface area contributed by atoms with E-state index in [0.717, 1.165) is 17.6 Å². The van der Waals surface area contributed by atoms with Crippen LogP contribution in [0, 0.1) is 6.92 Å². The van der Waals surface area contributed by atoms with Gasteiger partial charge in [0.05, 0.1) is 4.90 Å². The molecule has 0 fully saturated rings. The first-order chi connectivity index (χ1) is 9.51. The van der Waals surface area contributed by atoms with E-state index in [1.54, 1.807) is 19.1 Å². The smallest absolute Gasteiger partial charge is 0.263 e. The lowest BCUT2D eigenvalue weighted by Gasteiger charge is -2.07. The van der Waals surface area contributed by atoms with Crippen molar-refractivity contribution in [2.75, 3.05) is 21.9 Å². The molecule has 2 N–H and O–H groups in total. The molecule has 6 nitrogen and oxygen atoms in total. The molecule has 1 heterocycles. The van der Waals surface area contributed by atoms with Gasteiger partial charge >= 0.3 is 0 Å². The van der Waals surface area contributed by atoms with Gasteiger partial charge in [-0.1, -0.05) is 21.1 Å². The van der Waals surface area contributed by atoms with Gasteiger partial charge in [0.15, 0.2) is 5.82 Å². The van der Waals surface area contributed by atoms with Crippen LogP contribution in [-0.4, -0.2) is 25.4 Å². The van der Waals surface area contributed by atoms with Crippen LogP contribution < -0.4 is 10.0 Å². The van der Waals surface area contributed by atoms with E-state index in [9.17, 15) is 8.42 Å². The van der Waals surface area contributed by atoms with Crippen LogP contribution in [0.1, 0.15) is 5.76 Å². The predicted octanol–water partition coefficient (Wildman–Crippen LogP) is 2.59. The van der Waals surface area contributed by atoms with E-state index in [-0.39, 0.29) is 10.7 Å². The highest BCUT2D eigenvalue weighted by atomic mass is 79.9. The molecule has 0 aliphatic heterocycles. The Balaban J connectivity index is 2.13. The molecule has 0 amide bonds. The zero-order valence-corrected chi connectivity index (χ0v) is 13.2. The Labute approximate surface area is 125 Å². The Morgan fingerprint density at radius 1 is 1.30 bits per heavy atom. The van der Waals surface area contributed by atoms with Crippen LogP contribution in [0.3, 0.4) is 0 Å². The molecule has 20 heavy (non-hydrogen) atoms. The summed E-state index contributed by atoms with van der Waals surface area (Å²) >= 11 is 3.31. The van der Waals surface area contributed by atoms with Crippen LogP contribution in [-0.2, 0) is 10.0 Å². The molecular weight excluding hydrogens is 346 g/mol. The van der Waals surface area contributed by atoms with Crippen molar-refractivity contribution in [1.29, 1.82) is 0 Å². The first kappa shape index (κ1) is 14.9. The lowest BCUT2D eigenvalue weighted by atomic mass is 10.3. The highest BCUT2D eigenvalue weighted by molar-refractivity contribution is 9.09. The summed E-state index contributed by atoms with van der Waals surface area (Å²) in [6.45, 7) is 2.46. The third-order valence-corrected chi connectivity index (χ3v) is 4.22. The van der Waals surface area contributed by atoms with Crippen LogP contribution >= 0.6 is 15.9 Å². The molecule has 2 rings (SSSR count). The van der Waals surface area contributed by atoms with Crippen molar-refractivity contribution >= 4 is 37.5 Å². The fraction of sp³-hybridized carbons (Fsp3) is 0.250. The van der Waals surface area contributed by atoms with E-state index < -0.39 is 10.0 Å². The van der Waals surface area contributed by atoms with Crippen molar-refractivity contribution in [3.8, 4) is 0 Å². The maximum absolute atomic E-state index is 12.1. The van der Waals surface area contributed by atoms with E-state index in [1.165, 1.54) is 18.2 Å². The molecule has 0 saturated carbocycles. The van der Waals surface area contributed by atoms with Gasteiger partial charge in [-0.25, -0.2) is 8.42 Å². The number of sulfonamides is 1. The lowest BCUT2D eigenvalue weighted by molar-refractivity contribution is 0.400. The number of halogens is 1. The van der Waals surface area contributed by atoms with E-state index in [1.807, 2.05) is 0 Å². The molecule has 0 atom stereocenters. The van der Waals surface area contributed by atoms with E-state index in [2.05, 4.69) is 31.1 Å². The molecule has 8 heteroatoms. The molecule has 108 valence electrons. The summed E-state index contributed by atoms with van der Waals surface area (Å²) in [5, 5.41) is 7.56. The van der Waals surface area contributed by atoms with Crippen molar-refractivity contribution in [3.05, 3.63) is 36.1 Å². The Morgan fingerprint density at radius 3 is 2.55 bits per heavy atom. The summed E-state index contributed by atoms with van der Waals surface area (Å²) in [4.78, 5) is 0.169. The molecule has 2 aromatic rings. The number of rotatable bonds is 6. The van der Waals surface area contributed by atoms with E-state index >= 15 is 0 Å². The largest absolute Gasteiger partial charge is 0.384 e. The molecule has 0 radical (unpaired) electrons. The standard InChI is InChI=1S/C12H14BrN3O3S/c1-9-8-12(15-19-9)16-20(17,18)11-4-2-10(3-5-11)14-7-6-13/h2-5,8,14H,6-7H2,1H3,(H,15,16). The van der Waals surface area contributed by atoms with Gasteiger partial charge in [-0.05, 0) is 31.2 Å². The van der Waals surface area contributed by atoms with E-state index in [4.69, 9.17) is 4.52 Å². The third-order valence-electron chi connectivity index (χ3n) is 2.46. The van der Waals surface area contributed by atoms with Gasteiger partial charge < -0.3 is 9.84 Å². The Morgan fingerprint density at radius 2 is 2.00 bits per heavy atom. The zero-order valence-electron chi connectivity index (χ0n) is 10.8. The number of benzene rings is 1. The number of hydrogen-bond acceptors (Lipinski definition) is 5. The number of nitrogens with zero attached hydrogens (tertiary/aromatic N) is 1. The van der Waals surface area contributed by atoms with E-state index in [0.29, 0.717) is 5.76 Å². The number of aryl methyl sites for hydroxylation is 1. The minimum atomic E-state index is -3.65. The zero-order chi connectivity index (χ0) is 14.6. The predicted molar refractivity (Wildman–Crippen MR) is 80.8 cm³/mol. The fourth-order valence-electron chi connectivity index (χ4n) is 1.55. The van der Waals surface area contributed by atoms with Gasteiger partial charge in [0.2, 0.25) is 0 Å². The van der Waals surface area contributed by atoms with Crippen molar-refractivity contribution in [1.82, 2.24) is 5.16 Å². The summed E-state index contributed by atoms with van der Waals surface area (Å²) < 4.78 is 31.4. The van der Waals surface area contributed by atoms with Gasteiger partial charge in [-0.3, -0.25) is 4.72 Å². The van der Waals surface area contributed by atoms with Crippen LogP contribution in [0.5, 0.6) is 0 Å². The molecule has 0 spiro atoms. The molecule has 0 aliphatic carbocycles. The summed E-state index contributed by atoms with van der Waals surface area (Å²) in [6, 6.07) is 8.01. The molecule has 0 bridgehead atoms. The van der Waals surface area contributed by atoms with Crippen LogP contribution in [0.15, 0.2) is 39.8 Å². The van der Waals surface area contributed by atoms with Gasteiger partial charge in [0.1, 0.15) is 5.76 Å². The molecule has 1 aromatic carbocycles. The summed E-state index contributed by atoms with van der Waals surface area (Å²) in [7, 11) is -3.65. The number of anilines is 2. The third kappa shape index (κ3) is 3.73. The number of alkyl halides is 1. The van der Waals surface area contributed by atoms with Gasteiger partial charge in [0, 0.05) is 23.6 Å². The molecule has 1 aromatic heterocycles. The summed E-state index contributed by atoms with van der Waals surface area (Å²) in [5.74, 6) is 0.709. The van der Waals surface area contributed by atoms with Gasteiger partial charge in [0.25, 0.3) is 10.0 Å². The maximum atomic E-state index is 12.1. The number of hydrogen-bond donors (Lipinski definition) is 2. The van der Waals surface area contributed by atoms with Crippen molar-refractivity contribution < 1.29 is 12.9 Å². The average molecular weight is 360 g/mol. The van der Waals surface area contributed by atoms with Crippen LogP contribution in [0.2, 0.25) is 0 Å². The van der Waals surface area contributed by atoms with Crippen molar-refractivity contribution in [2.24, 2.45) is 0 Å². The fourth-order valence-corrected chi connectivity index (χ4v) is 2.74.